The molecule has 0 fully saturated rings. The number of aryl methyl sites for hydroxylation is 3. The first-order valence-electron chi connectivity index (χ1n) is 12.2. The van der Waals surface area contributed by atoms with Crippen LogP contribution in [0.1, 0.15) is 42.3 Å². The van der Waals surface area contributed by atoms with Crippen molar-refractivity contribution < 1.29 is 24.3 Å². The molecule has 0 bridgehead atoms. The summed E-state index contributed by atoms with van der Waals surface area (Å²) in [6, 6.07) is 5.99. The second-order valence-corrected chi connectivity index (χ2v) is 10.4. The zero-order chi connectivity index (χ0) is 26.2. The van der Waals surface area contributed by atoms with Crippen molar-refractivity contribution in [3.8, 4) is 27.9 Å². The normalized spacial score (nSPS) is 12.2. The van der Waals surface area contributed by atoms with Crippen molar-refractivity contribution in [1.82, 2.24) is 20.8 Å². The van der Waals surface area contributed by atoms with Crippen LogP contribution in [-0.2, 0) is 17.8 Å². The number of benzene rings is 1. The summed E-state index contributed by atoms with van der Waals surface area (Å²) in [5.41, 5.74) is 3.87. The van der Waals surface area contributed by atoms with Gasteiger partial charge >= 0.3 is 0 Å². The van der Waals surface area contributed by atoms with Gasteiger partial charge in [-0.2, -0.15) is 4.98 Å². The molecule has 196 valence electrons. The average Bonchev–Trinajstić information content (AvgIpc) is 3.48. The predicted octanol–water partition coefficient (Wildman–Crippen LogP) is 3.24. The number of thiophene rings is 1. The number of nitrogens with zero attached hydrogens (tertiary/aromatic N) is 2. The highest BCUT2D eigenvalue weighted by Crippen LogP contribution is 2.34. The van der Waals surface area contributed by atoms with Gasteiger partial charge in [-0.15, -0.1) is 11.3 Å². The van der Waals surface area contributed by atoms with Crippen LogP contribution in [0.2, 0.25) is 0 Å². The van der Waals surface area contributed by atoms with E-state index in [9.17, 15) is 9.90 Å². The lowest BCUT2D eigenvalue weighted by Crippen LogP contribution is -2.36. The lowest BCUT2D eigenvalue weighted by Gasteiger charge is -2.17. The Morgan fingerprint density at radius 1 is 1.19 bits per heavy atom. The molecule has 2 aromatic heterocycles. The third-order valence-electron chi connectivity index (χ3n) is 5.58. The summed E-state index contributed by atoms with van der Waals surface area (Å²) in [4.78, 5) is 18.0. The molecule has 36 heavy (non-hydrogen) atoms. The summed E-state index contributed by atoms with van der Waals surface area (Å²) >= 11 is 1.66. The number of nitrogens with one attached hydrogen (secondary N) is 2. The molecule has 0 radical (unpaired) electrons. The topological polar surface area (TPSA) is 130 Å². The average molecular weight is 517 g/mol. The SMILES string of the molecule is CCc1cc(-c2noc(-c3cc(C)c(CNCC(C)C)s3)n2)cc(C)c1OCC(O)CNC(=O)CO. The fraction of sp³-hybridized carbons (Fsp3) is 0.500. The maximum Gasteiger partial charge on any atom is 0.268 e. The van der Waals surface area contributed by atoms with Crippen molar-refractivity contribution in [1.29, 1.82) is 0 Å². The Bertz CT molecular complexity index is 1160. The van der Waals surface area contributed by atoms with E-state index in [-0.39, 0.29) is 13.2 Å². The van der Waals surface area contributed by atoms with E-state index in [0.29, 0.717) is 29.8 Å². The van der Waals surface area contributed by atoms with Gasteiger partial charge in [0.15, 0.2) is 0 Å². The van der Waals surface area contributed by atoms with E-state index in [2.05, 4.69) is 47.6 Å². The van der Waals surface area contributed by atoms with Crippen molar-refractivity contribution in [2.45, 2.75) is 53.7 Å². The Morgan fingerprint density at radius 2 is 1.97 bits per heavy atom. The Morgan fingerprint density at radius 3 is 2.67 bits per heavy atom. The van der Waals surface area contributed by atoms with Crippen LogP contribution in [0, 0.1) is 19.8 Å². The molecule has 0 aliphatic carbocycles. The van der Waals surface area contributed by atoms with Gasteiger partial charge in [-0.05, 0) is 67.6 Å². The summed E-state index contributed by atoms with van der Waals surface area (Å²) in [6.07, 6.45) is -0.188. The second-order valence-electron chi connectivity index (χ2n) is 9.23. The number of aliphatic hydroxyl groups is 2. The minimum Gasteiger partial charge on any atom is -0.490 e. The molecule has 1 unspecified atom stereocenters. The molecule has 2 heterocycles. The first kappa shape index (κ1) is 27.8. The molecule has 0 aliphatic heterocycles. The van der Waals surface area contributed by atoms with Crippen LogP contribution in [0.15, 0.2) is 22.7 Å². The van der Waals surface area contributed by atoms with E-state index in [1.165, 1.54) is 10.4 Å². The van der Waals surface area contributed by atoms with E-state index in [1.807, 2.05) is 26.0 Å². The number of aromatic nitrogens is 2. The molecule has 1 atom stereocenters. The van der Waals surface area contributed by atoms with Crippen molar-refractivity contribution in [3.63, 3.8) is 0 Å². The van der Waals surface area contributed by atoms with Crippen LogP contribution < -0.4 is 15.4 Å². The summed E-state index contributed by atoms with van der Waals surface area (Å²) in [5, 5.41) is 29.0. The molecule has 4 N–H and O–H groups in total. The Labute approximate surface area is 215 Å². The van der Waals surface area contributed by atoms with Gasteiger partial charge in [-0.3, -0.25) is 4.79 Å². The third kappa shape index (κ3) is 7.36. The number of amides is 1. The van der Waals surface area contributed by atoms with Crippen LogP contribution in [-0.4, -0.2) is 58.7 Å². The van der Waals surface area contributed by atoms with Gasteiger partial charge in [-0.25, -0.2) is 0 Å². The molecule has 3 rings (SSSR count). The second kappa shape index (κ2) is 13.0. The number of aliphatic hydroxyl groups excluding tert-OH is 2. The zero-order valence-corrected chi connectivity index (χ0v) is 22.4. The quantitative estimate of drug-likeness (QED) is 0.272. The van der Waals surface area contributed by atoms with Gasteiger partial charge in [0.2, 0.25) is 11.7 Å². The van der Waals surface area contributed by atoms with E-state index in [1.54, 1.807) is 11.3 Å². The summed E-state index contributed by atoms with van der Waals surface area (Å²) in [7, 11) is 0. The minimum atomic E-state index is -0.899. The minimum absolute atomic E-state index is 0.00131. The number of hydrogen-bond donors (Lipinski definition) is 4. The third-order valence-corrected chi connectivity index (χ3v) is 6.81. The number of carbonyl (C=O) groups is 1. The molecule has 0 spiro atoms. The van der Waals surface area contributed by atoms with Gasteiger partial charge in [0, 0.05) is 23.5 Å². The highest BCUT2D eigenvalue weighted by atomic mass is 32.1. The van der Waals surface area contributed by atoms with Gasteiger partial charge < -0.3 is 30.1 Å². The fourth-order valence-electron chi connectivity index (χ4n) is 3.69. The molecular formula is C26H36N4O5S. The molecule has 9 nitrogen and oxygen atoms in total. The number of carbonyl (C=O) groups excluding carboxylic acids is 1. The molecule has 1 aromatic carbocycles. The Balaban J connectivity index is 1.72. The van der Waals surface area contributed by atoms with Gasteiger partial charge in [0.25, 0.3) is 5.89 Å². The molecule has 10 heteroatoms. The largest absolute Gasteiger partial charge is 0.490 e. The van der Waals surface area contributed by atoms with Crippen molar-refractivity contribution in [2.24, 2.45) is 5.92 Å². The predicted molar refractivity (Wildman–Crippen MR) is 140 cm³/mol. The molecule has 3 aromatic rings. The highest BCUT2D eigenvalue weighted by Gasteiger charge is 2.18. The highest BCUT2D eigenvalue weighted by molar-refractivity contribution is 7.15. The zero-order valence-electron chi connectivity index (χ0n) is 21.6. The first-order valence-corrected chi connectivity index (χ1v) is 13.0. The molecule has 0 aliphatic rings. The fourth-order valence-corrected chi connectivity index (χ4v) is 4.75. The number of rotatable bonds is 13. The van der Waals surface area contributed by atoms with E-state index >= 15 is 0 Å². The molecule has 0 saturated carbocycles. The summed E-state index contributed by atoms with van der Waals surface area (Å²) in [6.45, 7) is 11.6. The number of hydrogen-bond acceptors (Lipinski definition) is 9. The van der Waals surface area contributed by atoms with Crippen LogP contribution in [0.25, 0.3) is 22.2 Å². The van der Waals surface area contributed by atoms with Crippen molar-refractivity contribution in [2.75, 3.05) is 26.3 Å². The lowest BCUT2D eigenvalue weighted by molar-refractivity contribution is -0.124. The smallest absolute Gasteiger partial charge is 0.268 e. The summed E-state index contributed by atoms with van der Waals surface area (Å²) in [5.74, 6) is 1.75. The monoisotopic (exact) mass is 516 g/mol. The summed E-state index contributed by atoms with van der Waals surface area (Å²) < 4.78 is 11.5. The Hall–Kier alpha value is -2.79. The van der Waals surface area contributed by atoms with Crippen molar-refractivity contribution >= 4 is 17.2 Å². The number of ether oxygens (including phenoxy) is 1. The maximum atomic E-state index is 11.2. The van der Waals surface area contributed by atoms with Gasteiger partial charge in [0.05, 0.1) is 4.88 Å². The molecular weight excluding hydrogens is 480 g/mol. The van der Waals surface area contributed by atoms with Crippen LogP contribution in [0.3, 0.4) is 0 Å². The standard InChI is InChI=1S/C26H36N4O5S/c1-6-18-9-19(7-17(5)24(18)34-14-20(32)11-28-23(33)13-31)25-29-26(35-30-25)21-8-16(4)22(36-21)12-27-10-15(2)3/h7-9,15,20,27,31-32H,6,10-14H2,1-5H3,(H,28,33). The van der Waals surface area contributed by atoms with Crippen molar-refractivity contribution in [3.05, 3.63) is 39.8 Å². The van der Waals surface area contributed by atoms with E-state index in [4.69, 9.17) is 14.4 Å². The van der Waals surface area contributed by atoms with Crippen LogP contribution in [0.5, 0.6) is 5.75 Å². The van der Waals surface area contributed by atoms with E-state index in [0.717, 1.165) is 34.7 Å². The maximum absolute atomic E-state index is 11.2. The van der Waals surface area contributed by atoms with E-state index < -0.39 is 18.6 Å². The van der Waals surface area contributed by atoms with Crippen LogP contribution in [0.4, 0.5) is 0 Å². The van der Waals surface area contributed by atoms with Gasteiger partial charge in [-0.1, -0.05) is 25.9 Å². The van der Waals surface area contributed by atoms with Gasteiger partial charge in [0.1, 0.15) is 25.1 Å². The first-order chi connectivity index (χ1) is 17.2. The lowest BCUT2D eigenvalue weighted by atomic mass is 10.0. The Kier molecular flexibility index (Phi) is 10.0. The van der Waals surface area contributed by atoms with Crippen LogP contribution >= 0.6 is 11.3 Å². The molecule has 0 saturated heterocycles. The molecule has 1 amide bonds.